The van der Waals surface area contributed by atoms with Gasteiger partial charge in [0.15, 0.2) is 0 Å². The summed E-state index contributed by atoms with van der Waals surface area (Å²) in [6, 6.07) is 5.28. The minimum atomic E-state index is -0.522. The summed E-state index contributed by atoms with van der Waals surface area (Å²) in [5.74, 6) is -0.0705. The van der Waals surface area contributed by atoms with E-state index in [1.165, 1.54) is 0 Å². The maximum atomic E-state index is 13.0. The van der Waals surface area contributed by atoms with Crippen LogP contribution in [-0.2, 0) is 4.74 Å². The van der Waals surface area contributed by atoms with E-state index in [0.29, 0.717) is 30.2 Å². The summed E-state index contributed by atoms with van der Waals surface area (Å²) in [6.45, 7) is 7.04. The molecule has 2 fully saturated rings. The van der Waals surface area contributed by atoms with Gasteiger partial charge in [0.1, 0.15) is 5.60 Å². The molecule has 5 nitrogen and oxygen atoms in total. The summed E-state index contributed by atoms with van der Waals surface area (Å²) in [5, 5.41) is 0.435. The first-order chi connectivity index (χ1) is 11.6. The van der Waals surface area contributed by atoms with Crippen LogP contribution in [0.15, 0.2) is 22.7 Å². The Morgan fingerprint density at radius 3 is 2.48 bits per heavy atom. The first-order valence-electron chi connectivity index (χ1n) is 8.36. The molecule has 1 saturated heterocycles. The van der Waals surface area contributed by atoms with E-state index >= 15 is 0 Å². The lowest BCUT2D eigenvalue weighted by atomic mass is 10.1. The largest absolute Gasteiger partial charge is 0.444 e. The highest BCUT2D eigenvalue weighted by Gasteiger charge is 2.54. The lowest BCUT2D eigenvalue weighted by molar-refractivity contribution is 0.000637. The van der Waals surface area contributed by atoms with Gasteiger partial charge in [0.2, 0.25) is 0 Å². The van der Waals surface area contributed by atoms with Gasteiger partial charge in [-0.15, -0.1) is 0 Å². The number of hydrogen-bond acceptors (Lipinski definition) is 3. The van der Waals surface area contributed by atoms with Crippen LogP contribution in [0.3, 0.4) is 0 Å². The Morgan fingerprint density at radius 1 is 1.24 bits per heavy atom. The summed E-state index contributed by atoms with van der Waals surface area (Å²) < 4.78 is 6.31. The van der Waals surface area contributed by atoms with Crippen molar-refractivity contribution in [2.75, 3.05) is 19.6 Å². The smallest absolute Gasteiger partial charge is 0.410 e. The van der Waals surface area contributed by atoms with Gasteiger partial charge < -0.3 is 14.5 Å². The molecule has 0 atom stereocenters. The molecule has 1 saturated carbocycles. The van der Waals surface area contributed by atoms with Gasteiger partial charge in [-0.05, 0) is 51.8 Å². The van der Waals surface area contributed by atoms with E-state index in [9.17, 15) is 9.59 Å². The number of ether oxygens (including phenoxy) is 1. The number of piperazine rings is 1. The third-order valence-electron chi connectivity index (χ3n) is 4.54. The predicted octanol–water partition coefficient (Wildman–Crippen LogP) is 4.33. The Labute approximate surface area is 161 Å². The molecule has 0 unspecified atom stereocenters. The van der Waals surface area contributed by atoms with Crippen LogP contribution in [0.25, 0.3) is 0 Å². The zero-order chi connectivity index (χ0) is 18.4. The van der Waals surface area contributed by atoms with Crippen LogP contribution in [0.2, 0.25) is 5.02 Å². The second-order valence-electron chi connectivity index (χ2n) is 7.71. The van der Waals surface area contributed by atoms with Gasteiger partial charge in [-0.3, -0.25) is 4.79 Å². The van der Waals surface area contributed by atoms with Gasteiger partial charge in [0, 0.05) is 24.1 Å². The monoisotopic (exact) mass is 428 g/mol. The topological polar surface area (TPSA) is 49.9 Å². The fourth-order valence-corrected chi connectivity index (χ4v) is 3.91. The minimum Gasteiger partial charge on any atom is -0.444 e. The van der Waals surface area contributed by atoms with Crippen molar-refractivity contribution >= 4 is 39.5 Å². The standard InChI is InChI=1S/C18H22BrClN2O3/c1-17(2,3)25-16(24)21-8-9-22(18(11-21)6-7-18)15(23)13-5-4-12(19)10-14(13)20/h4-5,10H,6-9,11H2,1-3H3. The average molecular weight is 430 g/mol. The number of halogens is 2. The Bertz CT molecular complexity index is 713. The molecule has 1 aromatic rings. The van der Waals surface area contributed by atoms with Crippen molar-refractivity contribution in [2.45, 2.75) is 44.8 Å². The highest BCUT2D eigenvalue weighted by Crippen LogP contribution is 2.45. The van der Waals surface area contributed by atoms with Crippen molar-refractivity contribution in [1.29, 1.82) is 0 Å². The Balaban J connectivity index is 1.74. The summed E-state index contributed by atoms with van der Waals surface area (Å²) >= 11 is 9.60. The number of hydrogen-bond donors (Lipinski definition) is 0. The number of nitrogens with zero attached hydrogens (tertiary/aromatic N) is 2. The molecule has 1 heterocycles. The summed E-state index contributed by atoms with van der Waals surface area (Å²) in [7, 11) is 0. The van der Waals surface area contributed by atoms with Gasteiger partial charge >= 0.3 is 6.09 Å². The quantitative estimate of drug-likeness (QED) is 0.668. The molecule has 0 radical (unpaired) electrons. The molecule has 7 heteroatoms. The molecule has 25 heavy (non-hydrogen) atoms. The molecule has 136 valence electrons. The van der Waals surface area contributed by atoms with Crippen LogP contribution >= 0.6 is 27.5 Å². The van der Waals surface area contributed by atoms with E-state index in [4.69, 9.17) is 16.3 Å². The third kappa shape index (κ3) is 3.95. The van der Waals surface area contributed by atoms with Crippen molar-refractivity contribution < 1.29 is 14.3 Å². The van der Waals surface area contributed by atoms with Gasteiger partial charge in [0.25, 0.3) is 5.91 Å². The zero-order valence-electron chi connectivity index (χ0n) is 14.6. The Kier molecular flexibility index (Phi) is 4.79. The van der Waals surface area contributed by atoms with E-state index in [2.05, 4.69) is 15.9 Å². The normalized spacial score (nSPS) is 19.1. The van der Waals surface area contributed by atoms with Crippen molar-refractivity contribution in [3.05, 3.63) is 33.3 Å². The number of benzene rings is 1. The Hall–Kier alpha value is -1.27. The minimum absolute atomic E-state index is 0.0705. The number of carbonyl (C=O) groups is 2. The highest BCUT2D eigenvalue weighted by molar-refractivity contribution is 9.10. The van der Waals surface area contributed by atoms with Crippen molar-refractivity contribution in [3.63, 3.8) is 0 Å². The van der Waals surface area contributed by atoms with Crippen LogP contribution in [0, 0.1) is 0 Å². The molecule has 0 N–H and O–H groups in total. The first kappa shape index (κ1) is 18.5. The van der Waals surface area contributed by atoms with Crippen molar-refractivity contribution in [2.24, 2.45) is 0 Å². The Morgan fingerprint density at radius 2 is 1.92 bits per heavy atom. The van der Waals surface area contributed by atoms with Gasteiger partial charge in [0.05, 0.1) is 16.1 Å². The van der Waals surface area contributed by atoms with E-state index in [1.807, 2.05) is 31.7 Å². The number of rotatable bonds is 1. The van der Waals surface area contributed by atoms with Gasteiger partial charge in [-0.1, -0.05) is 27.5 Å². The van der Waals surface area contributed by atoms with Crippen LogP contribution in [0.4, 0.5) is 4.79 Å². The van der Waals surface area contributed by atoms with Crippen LogP contribution in [0.5, 0.6) is 0 Å². The van der Waals surface area contributed by atoms with E-state index < -0.39 is 5.60 Å². The molecule has 0 aromatic heterocycles. The molecule has 1 aliphatic carbocycles. The second-order valence-corrected chi connectivity index (χ2v) is 9.03. The third-order valence-corrected chi connectivity index (χ3v) is 5.34. The average Bonchev–Trinajstić information content (AvgIpc) is 3.24. The zero-order valence-corrected chi connectivity index (χ0v) is 17.0. The molecule has 2 amide bonds. The molecule has 1 aromatic carbocycles. The molecule has 1 spiro atoms. The van der Waals surface area contributed by atoms with Gasteiger partial charge in [-0.2, -0.15) is 0 Å². The molecule has 0 bridgehead atoms. The predicted molar refractivity (Wildman–Crippen MR) is 100.0 cm³/mol. The molecule has 3 rings (SSSR count). The first-order valence-corrected chi connectivity index (χ1v) is 9.53. The van der Waals surface area contributed by atoms with Crippen molar-refractivity contribution in [3.8, 4) is 0 Å². The summed E-state index contributed by atoms with van der Waals surface area (Å²) in [4.78, 5) is 28.9. The summed E-state index contributed by atoms with van der Waals surface area (Å²) in [6.07, 6.45) is 1.48. The molecule has 2 aliphatic rings. The lowest BCUT2D eigenvalue weighted by Gasteiger charge is -2.42. The fourth-order valence-electron chi connectivity index (χ4n) is 3.16. The number of carbonyl (C=O) groups excluding carboxylic acids is 2. The van der Waals surface area contributed by atoms with Gasteiger partial charge in [-0.25, -0.2) is 4.79 Å². The van der Waals surface area contributed by atoms with Crippen molar-refractivity contribution in [1.82, 2.24) is 9.80 Å². The number of amides is 2. The SMILES string of the molecule is CC(C)(C)OC(=O)N1CCN(C(=O)c2ccc(Br)cc2Cl)C2(CC2)C1. The van der Waals surface area contributed by atoms with E-state index in [-0.39, 0.29) is 17.5 Å². The molecular formula is C18H22BrClN2O3. The van der Waals surface area contributed by atoms with Crippen LogP contribution in [-0.4, -0.2) is 52.6 Å². The fraction of sp³-hybridized carbons (Fsp3) is 0.556. The second kappa shape index (κ2) is 6.47. The van der Waals surface area contributed by atoms with E-state index in [1.54, 1.807) is 17.0 Å². The highest BCUT2D eigenvalue weighted by atomic mass is 79.9. The molecular weight excluding hydrogens is 408 g/mol. The maximum absolute atomic E-state index is 13.0. The van der Waals surface area contributed by atoms with Crippen LogP contribution < -0.4 is 0 Å². The maximum Gasteiger partial charge on any atom is 0.410 e. The lowest BCUT2D eigenvalue weighted by Crippen LogP contribution is -2.58. The van der Waals surface area contributed by atoms with E-state index in [0.717, 1.165) is 17.3 Å². The molecule has 1 aliphatic heterocycles. The van der Waals surface area contributed by atoms with Crippen LogP contribution in [0.1, 0.15) is 44.0 Å². The summed E-state index contributed by atoms with van der Waals surface area (Å²) in [5.41, 5.74) is -0.296.